The van der Waals surface area contributed by atoms with Crippen molar-refractivity contribution in [2.75, 3.05) is 6.61 Å². The van der Waals surface area contributed by atoms with E-state index < -0.39 is 6.29 Å². The zero-order chi connectivity index (χ0) is 13.1. The maximum absolute atomic E-state index is 9.57. The Bertz CT molecular complexity index is 212. The van der Waals surface area contributed by atoms with Gasteiger partial charge in [-0.25, -0.2) is 0 Å². The van der Waals surface area contributed by atoms with Crippen LogP contribution in [0.25, 0.3) is 0 Å². The third kappa shape index (κ3) is 9.82. The minimum absolute atomic E-state index is 0.0143. The van der Waals surface area contributed by atoms with Gasteiger partial charge in [0, 0.05) is 11.5 Å². The van der Waals surface area contributed by atoms with Gasteiger partial charge in [-0.2, -0.15) is 12.6 Å². The summed E-state index contributed by atoms with van der Waals surface area (Å²) in [5.41, 5.74) is 0. The molecule has 0 bridgehead atoms. The molecule has 0 aliphatic carbocycles. The summed E-state index contributed by atoms with van der Waals surface area (Å²) < 4.78 is 4.90. The minimum atomic E-state index is -1.15. The van der Waals surface area contributed by atoms with E-state index in [2.05, 4.69) is 19.6 Å². The molecule has 0 aromatic rings. The first-order valence-electron chi connectivity index (χ1n) is 6.41. The summed E-state index contributed by atoms with van der Waals surface area (Å²) >= 11 is 4.42. The van der Waals surface area contributed by atoms with Crippen molar-refractivity contribution in [3.8, 4) is 0 Å². The molecule has 0 saturated carbocycles. The smallest absolute Gasteiger partial charge is 0.208 e. The highest BCUT2D eigenvalue weighted by Gasteiger charge is 2.11. The molecule has 17 heavy (non-hydrogen) atoms. The average molecular weight is 277 g/mol. The van der Waals surface area contributed by atoms with Crippen LogP contribution in [0.1, 0.15) is 52.4 Å². The van der Waals surface area contributed by atoms with Crippen LogP contribution < -0.4 is 0 Å². The summed E-state index contributed by atoms with van der Waals surface area (Å²) in [4.78, 5) is 0.131. The van der Waals surface area contributed by atoms with Crippen molar-refractivity contribution in [2.45, 2.75) is 63.5 Å². The number of hydrogen-bond acceptors (Lipinski definition) is 4. The number of unbranched alkanes of at least 4 members (excludes halogenated alkanes) is 4. The van der Waals surface area contributed by atoms with Crippen molar-refractivity contribution in [3.63, 3.8) is 0 Å². The standard InChI is InChI=1S/C12H25O3SSi/c1-3-5-6-7-8-9-10(16)17-12(14)11(13)15-4-2/h10-11,13-14,16H,3-9H2,1-2H3. The van der Waals surface area contributed by atoms with Crippen LogP contribution in [0, 0.1) is 0 Å². The average Bonchev–Trinajstić information content (AvgIpc) is 2.29. The molecule has 0 aliphatic rings. The molecule has 0 saturated heterocycles. The van der Waals surface area contributed by atoms with Crippen LogP contribution >= 0.6 is 12.6 Å². The van der Waals surface area contributed by atoms with Crippen LogP contribution in [0.3, 0.4) is 0 Å². The maximum Gasteiger partial charge on any atom is 0.208 e. The predicted octanol–water partition coefficient (Wildman–Crippen LogP) is 2.16. The van der Waals surface area contributed by atoms with Crippen LogP contribution in [0.5, 0.6) is 0 Å². The lowest BCUT2D eigenvalue weighted by Crippen LogP contribution is -2.28. The molecule has 5 heteroatoms. The summed E-state index contributed by atoms with van der Waals surface area (Å²) in [5.74, 6) is 0. The van der Waals surface area contributed by atoms with Gasteiger partial charge in [-0.3, -0.25) is 0 Å². The van der Waals surface area contributed by atoms with Crippen LogP contribution in [0.2, 0.25) is 0 Å². The Hall–Kier alpha value is 0.157. The molecule has 2 atom stereocenters. The number of thiol groups is 1. The summed E-state index contributed by atoms with van der Waals surface area (Å²) in [5, 5.41) is 19.0. The van der Waals surface area contributed by atoms with Gasteiger partial charge in [-0.1, -0.05) is 39.0 Å². The second-order valence-corrected chi connectivity index (χ2v) is 6.66. The van der Waals surface area contributed by atoms with Crippen molar-refractivity contribution in [1.29, 1.82) is 0 Å². The van der Waals surface area contributed by atoms with E-state index in [0.717, 1.165) is 12.8 Å². The zero-order valence-electron chi connectivity index (χ0n) is 10.9. The molecule has 0 aromatic heterocycles. The van der Waals surface area contributed by atoms with Gasteiger partial charge in [-0.05, 0) is 13.3 Å². The highest BCUT2D eigenvalue weighted by molar-refractivity contribution is 7.82. The number of aliphatic hydroxyl groups is 2. The molecule has 0 spiro atoms. The van der Waals surface area contributed by atoms with Gasteiger partial charge in [0.15, 0.2) is 0 Å². The zero-order valence-corrected chi connectivity index (χ0v) is 12.7. The third-order valence-electron chi connectivity index (χ3n) is 2.45. The molecular weight excluding hydrogens is 252 g/mol. The Morgan fingerprint density at radius 3 is 2.47 bits per heavy atom. The summed E-state index contributed by atoms with van der Waals surface area (Å²) in [7, 11) is 0.144. The fourth-order valence-corrected chi connectivity index (χ4v) is 2.99. The van der Waals surface area contributed by atoms with Gasteiger partial charge in [0.2, 0.25) is 6.29 Å². The van der Waals surface area contributed by atoms with Crippen LogP contribution in [0.15, 0.2) is 0 Å². The van der Waals surface area contributed by atoms with E-state index in [1.165, 1.54) is 25.7 Å². The third-order valence-corrected chi connectivity index (χ3v) is 4.26. The van der Waals surface area contributed by atoms with Crippen molar-refractivity contribution in [3.05, 3.63) is 0 Å². The van der Waals surface area contributed by atoms with Crippen molar-refractivity contribution < 1.29 is 14.9 Å². The van der Waals surface area contributed by atoms with E-state index in [-0.39, 0.29) is 19.4 Å². The van der Waals surface area contributed by atoms with E-state index in [0.29, 0.717) is 6.61 Å². The summed E-state index contributed by atoms with van der Waals surface area (Å²) in [6.45, 7) is 4.38. The number of rotatable bonds is 10. The Balaban J connectivity index is 3.74. The normalized spacial score (nSPS) is 15.9. The van der Waals surface area contributed by atoms with Crippen molar-refractivity contribution in [1.82, 2.24) is 0 Å². The van der Waals surface area contributed by atoms with Crippen LogP contribution in [-0.4, -0.2) is 42.5 Å². The molecule has 3 nitrogen and oxygen atoms in total. The summed E-state index contributed by atoms with van der Waals surface area (Å²) in [6, 6.07) is 0. The Morgan fingerprint density at radius 1 is 1.24 bits per heavy atom. The van der Waals surface area contributed by atoms with Gasteiger partial charge in [0.25, 0.3) is 0 Å². The lowest BCUT2D eigenvalue weighted by Gasteiger charge is -2.11. The Kier molecular flexibility index (Phi) is 11.4. The molecule has 0 fully saturated rings. The molecule has 0 aliphatic heterocycles. The van der Waals surface area contributed by atoms with E-state index in [1.54, 1.807) is 6.92 Å². The lowest BCUT2D eigenvalue weighted by molar-refractivity contribution is -0.0520. The van der Waals surface area contributed by atoms with Crippen molar-refractivity contribution in [2.24, 2.45) is 0 Å². The minimum Gasteiger partial charge on any atom is -0.513 e. The van der Waals surface area contributed by atoms with Crippen LogP contribution in [-0.2, 0) is 4.74 Å². The molecule has 101 valence electrons. The van der Waals surface area contributed by atoms with Crippen LogP contribution in [0.4, 0.5) is 0 Å². The predicted molar refractivity (Wildman–Crippen MR) is 76.5 cm³/mol. The molecule has 2 unspecified atom stereocenters. The quantitative estimate of drug-likeness (QED) is 0.248. The molecule has 1 radical (unpaired) electrons. The number of hydrogen-bond donors (Lipinski definition) is 3. The molecule has 0 amide bonds. The number of aliphatic hydroxyl groups excluding tert-OH is 2. The lowest BCUT2D eigenvalue weighted by atomic mass is 10.1. The van der Waals surface area contributed by atoms with Gasteiger partial charge < -0.3 is 14.9 Å². The Labute approximate surface area is 112 Å². The first-order chi connectivity index (χ1) is 8.11. The van der Waals surface area contributed by atoms with Gasteiger partial charge >= 0.3 is 0 Å². The SMILES string of the molecule is CCCCCCCC(S)[Si]=C(O)C(O)OCC. The second kappa shape index (κ2) is 11.3. The van der Waals surface area contributed by atoms with E-state index >= 15 is 0 Å². The molecule has 2 N–H and O–H groups in total. The number of ether oxygens (including phenoxy) is 1. The topological polar surface area (TPSA) is 49.7 Å². The van der Waals surface area contributed by atoms with E-state index in [9.17, 15) is 10.2 Å². The molecule has 0 aromatic carbocycles. The summed E-state index contributed by atoms with van der Waals surface area (Å²) in [6.07, 6.45) is 6.02. The maximum atomic E-state index is 9.57. The molecule has 0 rings (SSSR count). The fraction of sp³-hybridized carbons (Fsp3) is 0.917. The monoisotopic (exact) mass is 277 g/mol. The first-order valence-corrected chi connectivity index (χ1v) is 8.01. The first kappa shape index (κ1) is 17.2. The molecule has 0 heterocycles. The van der Waals surface area contributed by atoms with Gasteiger partial charge in [0.05, 0.1) is 9.13 Å². The fourth-order valence-electron chi connectivity index (χ4n) is 1.49. The largest absolute Gasteiger partial charge is 0.513 e. The highest BCUT2D eigenvalue weighted by Crippen LogP contribution is 2.09. The Morgan fingerprint density at radius 2 is 1.88 bits per heavy atom. The van der Waals surface area contributed by atoms with Crippen molar-refractivity contribution >= 4 is 27.1 Å². The molecular formula is C12H25O3SSi. The van der Waals surface area contributed by atoms with Gasteiger partial charge in [-0.15, -0.1) is 0 Å². The second-order valence-electron chi connectivity index (χ2n) is 4.06. The van der Waals surface area contributed by atoms with Gasteiger partial charge in [0.1, 0.15) is 5.35 Å². The van der Waals surface area contributed by atoms with E-state index in [4.69, 9.17) is 4.74 Å². The highest BCUT2D eigenvalue weighted by atomic mass is 32.1. The van der Waals surface area contributed by atoms with E-state index in [1.807, 2.05) is 0 Å².